The fourth-order valence-electron chi connectivity index (χ4n) is 1.32. The fourth-order valence-corrected chi connectivity index (χ4v) is 2.84. The van der Waals surface area contributed by atoms with Crippen LogP contribution in [0.1, 0.15) is 11.1 Å². The van der Waals surface area contributed by atoms with Crippen molar-refractivity contribution in [3.63, 3.8) is 0 Å². The van der Waals surface area contributed by atoms with E-state index in [1.165, 1.54) is 11.1 Å². The molecule has 0 unspecified atom stereocenters. The maximum absolute atomic E-state index is 2.22. The average Bonchev–Trinajstić information content (AvgIpc) is 2.25. The van der Waals surface area contributed by atoms with Crippen molar-refractivity contribution in [1.29, 1.82) is 0 Å². The van der Waals surface area contributed by atoms with Crippen LogP contribution in [-0.2, 0) is 11.5 Å². The zero-order valence-corrected chi connectivity index (χ0v) is 9.48. The van der Waals surface area contributed by atoms with Gasteiger partial charge >= 0.3 is 0 Å². The Morgan fingerprint density at radius 3 is 1.79 bits per heavy atom. The number of thioether (sulfide) groups is 2. The summed E-state index contributed by atoms with van der Waals surface area (Å²) >= 11 is 3.71. The lowest BCUT2D eigenvalue weighted by Gasteiger charge is -2.07. The molecule has 72 valence electrons. The minimum absolute atomic E-state index is 1.08. The SMILES string of the molecule is C1=C\SCc2ccccc2CS/C=C/1. The molecule has 0 fully saturated rings. The van der Waals surface area contributed by atoms with Gasteiger partial charge in [-0.3, -0.25) is 0 Å². The van der Waals surface area contributed by atoms with Gasteiger partial charge in [0, 0.05) is 11.5 Å². The van der Waals surface area contributed by atoms with Crippen LogP contribution in [0.4, 0.5) is 0 Å². The summed E-state index contributed by atoms with van der Waals surface area (Å²) in [6.45, 7) is 0. The molecule has 14 heavy (non-hydrogen) atoms. The summed E-state index contributed by atoms with van der Waals surface area (Å²) < 4.78 is 0. The topological polar surface area (TPSA) is 0 Å². The van der Waals surface area contributed by atoms with Gasteiger partial charge in [-0.15, -0.1) is 23.5 Å². The van der Waals surface area contributed by atoms with Gasteiger partial charge < -0.3 is 0 Å². The maximum atomic E-state index is 2.22. The molecule has 1 aliphatic heterocycles. The zero-order valence-electron chi connectivity index (χ0n) is 7.85. The van der Waals surface area contributed by atoms with E-state index < -0.39 is 0 Å². The molecule has 0 saturated heterocycles. The molecule has 0 N–H and O–H groups in total. The van der Waals surface area contributed by atoms with Crippen LogP contribution in [-0.4, -0.2) is 0 Å². The largest absolute Gasteiger partial charge is 0.129 e. The van der Waals surface area contributed by atoms with E-state index in [2.05, 4.69) is 47.2 Å². The summed E-state index contributed by atoms with van der Waals surface area (Å²) in [5, 5.41) is 4.30. The number of rotatable bonds is 0. The summed E-state index contributed by atoms with van der Waals surface area (Å²) in [5.41, 5.74) is 2.93. The van der Waals surface area contributed by atoms with Crippen LogP contribution >= 0.6 is 23.5 Å². The van der Waals surface area contributed by atoms with E-state index in [0.717, 1.165) is 11.5 Å². The van der Waals surface area contributed by atoms with Crippen molar-refractivity contribution in [3.05, 3.63) is 58.4 Å². The Bertz CT molecular complexity index is 318. The molecule has 1 aromatic rings. The summed E-state index contributed by atoms with van der Waals surface area (Å²) in [7, 11) is 0. The molecule has 0 saturated carbocycles. The third kappa shape index (κ3) is 2.69. The molecule has 0 amide bonds. The van der Waals surface area contributed by atoms with Crippen LogP contribution in [0.3, 0.4) is 0 Å². The summed E-state index contributed by atoms with van der Waals surface area (Å²) in [6.07, 6.45) is 4.21. The second kappa shape index (κ2) is 5.32. The molecular weight excluding hydrogens is 208 g/mol. The first-order valence-electron chi connectivity index (χ1n) is 4.58. The number of benzene rings is 1. The van der Waals surface area contributed by atoms with Crippen molar-refractivity contribution in [2.75, 3.05) is 0 Å². The van der Waals surface area contributed by atoms with Gasteiger partial charge in [-0.2, -0.15) is 0 Å². The molecule has 0 atom stereocenters. The van der Waals surface area contributed by atoms with Gasteiger partial charge in [-0.1, -0.05) is 36.4 Å². The van der Waals surface area contributed by atoms with E-state index >= 15 is 0 Å². The number of allylic oxidation sites excluding steroid dienone is 2. The van der Waals surface area contributed by atoms with E-state index in [1.54, 1.807) is 0 Å². The highest BCUT2D eigenvalue weighted by Gasteiger charge is 2.00. The highest BCUT2D eigenvalue weighted by Crippen LogP contribution is 2.23. The molecule has 1 aliphatic rings. The van der Waals surface area contributed by atoms with E-state index in [-0.39, 0.29) is 0 Å². The Balaban J connectivity index is 2.22. The quantitative estimate of drug-likeness (QED) is 0.643. The third-order valence-electron chi connectivity index (χ3n) is 2.06. The van der Waals surface area contributed by atoms with Crippen molar-refractivity contribution in [1.82, 2.24) is 0 Å². The highest BCUT2D eigenvalue weighted by atomic mass is 32.2. The predicted octanol–water partition coefficient (Wildman–Crippen LogP) is 4.19. The summed E-state index contributed by atoms with van der Waals surface area (Å²) in [4.78, 5) is 0. The van der Waals surface area contributed by atoms with Crippen LogP contribution < -0.4 is 0 Å². The maximum Gasteiger partial charge on any atom is 0.0229 e. The Morgan fingerprint density at radius 1 is 0.786 bits per heavy atom. The van der Waals surface area contributed by atoms with Crippen molar-refractivity contribution in [3.8, 4) is 0 Å². The molecule has 0 aromatic heterocycles. The zero-order chi connectivity index (χ0) is 9.64. The Morgan fingerprint density at radius 2 is 1.29 bits per heavy atom. The molecule has 0 aliphatic carbocycles. The average molecular weight is 220 g/mol. The summed E-state index contributed by atoms with van der Waals surface area (Å²) in [5.74, 6) is 2.17. The molecule has 0 radical (unpaired) electrons. The second-order valence-corrected chi connectivity index (χ2v) is 4.84. The van der Waals surface area contributed by atoms with Crippen LogP contribution in [0.15, 0.2) is 47.2 Å². The first-order valence-corrected chi connectivity index (χ1v) is 6.68. The third-order valence-corrected chi connectivity index (χ3v) is 3.71. The number of hydrogen-bond acceptors (Lipinski definition) is 2. The van der Waals surface area contributed by atoms with Gasteiger partial charge in [0.2, 0.25) is 0 Å². The van der Waals surface area contributed by atoms with Gasteiger partial charge in [0.25, 0.3) is 0 Å². The van der Waals surface area contributed by atoms with Gasteiger partial charge in [0.1, 0.15) is 0 Å². The minimum Gasteiger partial charge on any atom is -0.129 e. The van der Waals surface area contributed by atoms with E-state index in [0.29, 0.717) is 0 Å². The molecule has 0 spiro atoms. The van der Waals surface area contributed by atoms with Crippen LogP contribution in [0.2, 0.25) is 0 Å². The van der Waals surface area contributed by atoms with Crippen molar-refractivity contribution in [2.45, 2.75) is 11.5 Å². The molecule has 0 bridgehead atoms. The molecular formula is C12H12S2. The Labute approximate surface area is 93.5 Å². The van der Waals surface area contributed by atoms with E-state index in [9.17, 15) is 0 Å². The number of fused-ring (bicyclic) bond motifs is 1. The smallest absolute Gasteiger partial charge is 0.0229 e. The van der Waals surface area contributed by atoms with E-state index in [1.807, 2.05) is 23.5 Å². The molecule has 1 aromatic carbocycles. The Hall–Kier alpha value is -0.600. The van der Waals surface area contributed by atoms with Crippen LogP contribution in [0, 0.1) is 0 Å². The van der Waals surface area contributed by atoms with Crippen LogP contribution in [0.25, 0.3) is 0 Å². The van der Waals surface area contributed by atoms with Crippen molar-refractivity contribution >= 4 is 23.5 Å². The van der Waals surface area contributed by atoms with Gasteiger partial charge in [-0.05, 0) is 21.9 Å². The molecule has 1 heterocycles. The van der Waals surface area contributed by atoms with Gasteiger partial charge in [0.15, 0.2) is 0 Å². The van der Waals surface area contributed by atoms with Crippen LogP contribution in [0.5, 0.6) is 0 Å². The van der Waals surface area contributed by atoms with Gasteiger partial charge in [-0.25, -0.2) is 0 Å². The number of hydrogen-bond donors (Lipinski definition) is 0. The lowest BCUT2D eigenvalue weighted by molar-refractivity contribution is 1.29. The fraction of sp³-hybridized carbons (Fsp3) is 0.167. The van der Waals surface area contributed by atoms with Gasteiger partial charge in [0.05, 0.1) is 0 Å². The molecule has 2 rings (SSSR count). The van der Waals surface area contributed by atoms with Crippen molar-refractivity contribution < 1.29 is 0 Å². The molecule has 0 nitrogen and oxygen atoms in total. The monoisotopic (exact) mass is 220 g/mol. The molecule has 2 heteroatoms. The van der Waals surface area contributed by atoms with E-state index in [4.69, 9.17) is 0 Å². The lowest BCUT2D eigenvalue weighted by atomic mass is 10.1. The Kier molecular flexibility index (Phi) is 3.78. The lowest BCUT2D eigenvalue weighted by Crippen LogP contribution is -1.89. The first-order chi connectivity index (χ1) is 6.97. The van der Waals surface area contributed by atoms with Crippen molar-refractivity contribution in [2.24, 2.45) is 0 Å². The highest BCUT2D eigenvalue weighted by molar-refractivity contribution is 8.01. The minimum atomic E-state index is 1.08. The normalized spacial score (nSPS) is 20.9. The first kappa shape index (κ1) is 9.94. The predicted molar refractivity (Wildman–Crippen MR) is 67.3 cm³/mol. The standard InChI is InChI=1S/C12H12S2/c1-2-6-12-10-14-8-4-3-7-13-9-11(12)5-1/h1-8H,9-10H2/b7-3-,8-4+. The second-order valence-electron chi connectivity index (χ2n) is 3.05. The summed E-state index contributed by atoms with van der Waals surface area (Å²) in [6, 6.07) is 8.69.